The van der Waals surface area contributed by atoms with Crippen LogP contribution in [0.4, 0.5) is 10.1 Å². The molecule has 3 aromatic carbocycles. The standard InChI is InChI=1S/C31H38FN3O5S/c1-23(2)33-31(37)29(20-24-10-6-5-7-11-24)34(22-25-15-17-26(32)18-16-25)30(36)14-9-19-35(41(4,38)39)27-12-8-13-28(21-27)40-3/h5-8,10-13,15-18,21,23,29H,9,14,19-20,22H2,1-4H3,(H,33,37)/t29-/m1/s1. The van der Waals surface area contributed by atoms with Gasteiger partial charge in [0, 0.05) is 38.0 Å². The number of amides is 2. The maximum absolute atomic E-state index is 13.8. The highest BCUT2D eigenvalue weighted by molar-refractivity contribution is 7.92. The molecular formula is C31H38FN3O5S. The van der Waals surface area contributed by atoms with Gasteiger partial charge in [0.25, 0.3) is 0 Å². The lowest BCUT2D eigenvalue weighted by Gasteiger charge is -2.32. The van der Waals surface area contributed by atoms with Crippen molar-refractivity contribution in [3.8, 4) is 5.75 Å². The number of methoxy groups -OCH3 is 1. The molecule has 0 radical (unpaired) electrons. The van der Waals surface area contributed by atoms with Gasteiger partial charge in [0.1, 0.15) is 17.6 Å². The molecular weight excluding hydrogens is 545 g/mol. The van der Waals surface area contributed by atoms with E-state index in [2.05, 4.69) is 5.32 Å². The number of hydrogen-bond acceptors (Lipinski definition) is 5. The molecule has 3 aromatic rings. The monoisotopic (exact) mass is 583 g/mol. The Morgan fingerprint density at radius 2 is 1.63 bits per heavy atom. The molecule has 0 aromatic heterocycles. The van der Waals surface area contributed by atoms with Crippen molar-refractivity contribution < 1.29 is 27.1 Å². The summed E-state index contributed by atoms with van der Waals surface area (Å²) in [6.07, 6.45) is 1.61. The number of carbonyl (C=O) groups excluding carboxylic acids is 2. The fourth-order valence-electron chi connectivity index (χ4n) is 4.49. The van der Waals surface area contributed by atoms with Gasteiger partial charge >= 0.3 is 0 Å². The van der Waals surface area contributed by atoms with E-state index in [0.717, 1.165) is 11.8 Å². The van der Waals surface area contributed by atoms with Gasteiger partial charge in [0.15, 0.2) is 0 Å². The fraction of sp³-hybridized carbons (Fsp3) is 0.355. The van der Waals surface area contributed by atoms with Crippen molar-refractivity contribution in [3.63, 3.8) is 0 Å². The lowest BCUT2D eigenvalue weighted by Crippen LogP contribution is -2.51. The van der Waals surface area contributed by atoms with Crippen molar-refractivity contribution >= 4 is 27.5 Å². The summed E-state index contributed by atoms with van der Waals surface area (Å²) in [6.45, 7) is 3.85. The van der Waals surface area contributed by atoms with Crippen LogP contribution in [0.3, 0.4) is 0 Å². The Balaban J connectivity index is 1.88. The van der Waals surface area contributed by atoms with E-state index in [4.69, 9.17) is 4.74 Å². The fourth-order valence-corrected chi connectivity index (χ4v) is 5.45. The molecule has 1 atom stereocenters. The zero-order valence-electron chi connectivity index (χ0n) is 23.9. The maximum atomic E-state index is 13.8. The van der Waals surface area contributed by atoms with Crippen LogP contribution in [0.15, 0.2) is 78.9 Å². The second-order valence-electron chi connectivity index (χ2n) is 10.2. The number of benzene rings is 3. The zero-order chi connectivity index (χ0) is 30.0. The highest BCUT2D eigenvalue weighted by atomic mass is 32.2. The SMILES string of the molecule is COc1cccc(N(CCCC(=O)N(Cc2ccc(F)cc2)[C@H](Cc2ccccc2)C(=O)NC(C)C)S(C)(=O)=O)c1. The quantitative estimate of drug-likeness (QED) is 0.301. The highest BCUT2D eigenvalue weighted by Crippen LogP contribution is 2.24. The summed E-state index contributed by atoms with van der Waals surface area (Å²) in [5.41, 5.74) is 1.99. The van der Waals surface area contributed by atoms with Crippen LogP contribution in [0.2, 0.25) is 0 Å². The molecule has 1 N–H and O–H groups in total. The van der Waals surface area contributed by atoms with Crippen LogP contribution in [0, 0.1) is 5.82 Å². The van der Waals surface area contributed by atoms with Crippen molar-refractivity contribution in [3.05, 3.63) is 95.8 Å². The van der Waals surface area contributed by atoms with E-state index in [1.807, 2.05) is 44.2 Å². The lowest BCUT2D eigenvalue weighted by atomic mass is 10.0. The molecule has 0 spiro atoms. The predicted molar refractivity (Wildman–Crippen MR) is 159 cm³/mol. The predicted octanol–water partition coefficient (Wildman–Crippen LogP) is 4.55. The van der Waals surface area contributed by atoms with Gasteiger partial charge in [-0.05, 0) is 55.7 Å². The second kappa shape index (κ2) is 14.6. The van der Waals surface area contributed by atoms with Crippen molar-refractivity contribution in [2.45, 2.75) is 51.7 Å². The molecule has 0 saturated heterocycles. The Labute approximate surface area is 242 Å². The molecule has 0 unspecified atom stereocenters. The Morgan fingerprint density at radius 3 is 2.24 bits per heavy atom. The average Bonchev–Trinajstić information content (AvgIpc) is 2.93. The smallest absolute Gasteiger partial charge is 0.243 e. The zero-order valence-corrected chi connectivity index (χ0v) is 24.7. The summed E-state index contributed by atoms with van der Waals surface area (Å²) in [5.74, 6) is -0.497. The molecule has 0 aliphatic carbocycles. The van der Waals surface area contributed by atoms with Crippen LogP contribution in [-0.2, 0) is 32.6 Å². The molecule has 0 aliphatic rings. The van der Waals surface area contributed by atoms with Gasteiger partial charge in [-0.2, -0.15) is 0 Å². The van der Waals surface area contributed by atoms with Crippen LogP contribution < -0.4 is 14.4 Å². The van der Waals surface area contributed by atoms with Crippen LogP contribution in [0.1, 0.15) is 37.8 Å². The molecule has 0 aliphatic heterocycles. The number of ether oxygens (including phenoxy) is 1. The van der Waals surface area contributed by atoms with Gasteiger partial charge in [-0.3, -0.25) is 13.9 Å². The van der Waals surface area contributed by atoms with Gasteiger partial charge in [0.2, 0.25) is 21.8 Å². The van der Waals surface area contributed by atoms with Gasteiger partial charge < -0.3 is 15.0 Å². The first-order valence-electron chi connectivity index (χ1n) is 13.5. The van der Waals surface area contributed by atoms with E-state index in [-0.39, 0.29) is 50.2 Å². The number of carbonyl (C=O) groups is 2. The van der Waals surface area contributed by atoms with Crippen molar-refractivity contribution in [1.82, 2.24) is 10.2 Å². The average molecular weight is 584 g/mol. The van der Waals surface area contributed by atoms with E-state index in [1.165, 1.54) is 28.4 Å². The van der Waals surface area contributed by atoms with E-state index >= 15 is 0 Å². The highest BCUT2D eigenvalue weighted by Gasteiger charge is 2.31. The van der Waals surface area contributed by atoms with Crippen LogP contribution in [-0.4, -0.2) is 57.1 Å². The number of sulfonamides is 1. The minimum atomic E-state index is -3.64. The summed E-state index contributed by atoms with van der Waals surface area (Å²) in [5, 5.41) is 2.93. The van der Waals surface area contributed by atoms with E-state index in [0.29, 0.717) is 17.0 Å². The van der Waals surface area contributed by atoms with Gasteiger partial charge in [-0.1, -0.05) is 48.5 Å². The Bertz CT molecular complexity index is 1400. The van der Waals surface area contributed by atoms with Crippen LogP contribution in [0.5, 0.6) is 5.75 Å². The third-order valence-electron chi connectivity index (χ3n) is 6.46. The van der Waals surface area contributed by atoms with Crippen molar-refractivity contribution in [2.75, 3.05) is 24.2 Å². The Morgan fingerprint density at radius 1 is 0.951 bits per heavy atom. The molecule has 41 heavy (non-hydrogen) atoms. The summed E-state index contributed by atoms with van der Waals surface area (Å²) in [6, 6.07) is 21.0. The first kappa shape index (κ1) is 31.6. The first-order valence-corrected chi connectivity index (χ1v) is 15.3. The molecule has 2 amide bonds. The number of nitrogens with one attached hydrogen (secondary N) is 1. The number of nitrogens with zero attached hydrogens (tertiary/aromatic N) is 2. The topological polar surface area (TPSA) is 96.0 Å². The number of rotatable bonds is 14. The van der Waals surface area contributed by atoms with E-state index < -0.39 is 21.9 Å². The summed E-state index contributed by atoms with van der Waals surface area (Å²) in [7, 11) is -2.14. The lowest BCUT2D eigenvalue weighted by molar-refractivity contribution is -0.141. The Kier molecular flexibility index (Phi) is 11.3. The third kappa shape index (κ3) is 9.60. The van der Waals surface area contributed by atoms with Crippen LogP contribution in [0.25, 0.3) is 0 Å². The largest absolute Gasteiger partial charge is 0.497 e. The number of hydrogen-bond donors (Lipinski definition) is 1. The maximum Gasteiger partial charge on any atom is 0.243 e. The minimum absolute atomic E-state index is 0.00255. The molecule has 0 fully saturated rings. The molecule has 10 heteroatoms. The molecule has 8 nitrogen and oxygen atoms in total. The van der Waals surface area contributed by atoms with Crippen molar-refractivity contribution in [2.24, 2.45) is 0 Å². The van der Waals surface area contributed by atoms with Gasteiger partial charge in [-0.25, -0.2) is 12.8 Å². The summed E-state index contributed by atoms with van der Waals surface area (Å²) in [4.78, 5) is 28.7. The summed E-state index contributed by atoms with van der Waals surface area (Å²) >= 11 is 0. The molecule has 0 heterocycles. The molecule has 220 valence electrons. The van der Waals surface area contributed by atoms with Crippen LogP contribution >= 0.6 is 0 Å². The first-order chi connectivity index (χ1) is 19.5. The minimum Gasteiger partial charge on any atom is -0.497 e. The second-order valence-corrected chi connectivity index (χ2v) is 12.1. The van der Waals surface area contributed by atoms with E-state index in [1.54, 1.807) is 36.4 Å². The van der Waals surface area contributed by atoms with E-state index in [9.17, 15) is 22.4 Å². The molecule has 0 saturated carbocycles. The van der Waals surface area contributed by atoms with Gasteiger partial charge in [0.05, 0.1) is 19.1 Å². The molecule has 3 rings (SSSR count). The Hall–Kier alpha value is -3.92. The van der Waals surface area contributed by atoms with Gasteiger partial charge in [-0.15, -0.1) is 0 Å². The van der Waals surface area contributed by atoms with Crippen molar-refractivity contribution in [1.29, 1.82) is 0 Å². The number of anilines is 1. The third-order valence-corrected chi connectivity index (χ3v) is 7.66. The number of halogens is 1. The summed E-state index contributed by atoms with van der Waals surface area (Å²) < 4.78 is 45.3. The molecule has 0 bridgehead atoms. The normalized spacial score (nSPS) is 12.0.